The van der Waals surface area contributed by atoms with Crippen molar-refractivity contribution in [1.29, 1.82) is 0 Å². The molecule has 0 nitrogen and oxygen atoms in total. The number of unbranched alkanes of at least 4 members (excludes halogenated alkanes) is 1. The summed E-state index contributed by atoms with van der Waals surface area (Å²) in [5.74, 6) is 1.85. The van der Waals surface area contributed by atoms with Gasteiger partial charge < -0.3 is 0 Å². The van der Waals surface area contributed by atoms with Gasteiger partial charge in [0.25, 0.3) is 0 Å². The maximum Gasteiger partial charge on any atom is 0.0701 e. The lowest BCUT2D eigenvalue weighted by atomic mass is 9.78. The SMILES string of the molecule is CCCCC1CCC(C(Br)c2ccc(Br)s2)CC1. The zero-order valence-corrected chi connectivity index (χ0v) is 15.0. The molecule has 1 aromatic heterocycles. The second-order valence-corrected chi connectivity index (χ2v) is 8.95. The summed E-state index contributed by atoms with van der Waals surface area (Å²) in [5, 5.41) is 0. The van der Waals surface area contributed by atoms with Crippen LogP contribution in [0.5, 0.6) is 0 Å². The van der Waals surface area contributed by atoms with E-state index in [1.807, 2.05) is 11.3 Å². The molecule has 1 atom stereocenters. The molecule has 1 fully saturated rings. The van der Waals surface area contributed by atoms with Crippen LogP contribution in [-0.2, 0) is 0 Å². The lowest BCUT2D eigenvalue weighted by Crippen LogP contribution is -2.17. The summed E-state index contributed by atoms with van der Waals surface area (Å²) in [7, 11) is 0. The molecular formula is C15H22Br2S. The van der Waals surface area contributed by atoms with E-state index in [1.165, 1.54) is 53.6 Å². The van der Waals surface area contributed by atoms with Crippen molar-refractivity contribution >= 4 is 43.2 Å². The van der Waals surface area contributed by atoms with E-state index in [4.69, 9.17) is 0 Å². The van der Waals surface area contributed by atoms with Crippen molar-refractivity contribution in [1.82, 2.24) is 0 Å². The van der Waals surface area contributed by atoms with E-state index in [0.717, 1.165) is 11.8 Å². The molecule has 0 aromatic carbocycles. The Kier molecular flexibility index (Phi) is 6.23. The highest BCUT2D eigenvalue weighted by Gasteiger charge is 2.27. The van der Waals surface area contributed by atoms with E-state index in [0.29, 0.717) is 4.83 Å². The van der Waals surface area contributed by atoms with Crippen LogP contribution in [0.2, 0.25) is 0 Å². The summed E-state index contributed by atoms with van der Waals surface area (Å²) in [5.41, 5.74) is 0. The molecule has 0 bridgehead atoms. The van der Waals surface area contributed by atoms with Gasteiger partial charge in [-0.2, -0.15) is 0 Å². The molecule has 1 aliphatic carbocycles. The lowest BCUT2D eigenvalue weighted by molar-refractivity contribution is 0.258. The Morgan fingerprint density at radius 3 is 2.56 bits per heavy atom. The molecule has 0 aliphatic heterocycles. The fraction of sp³-hybridized carbons (Fsp3) is 0.733. The third-order valence-electron chi connectivity index (χ3n) is 4.14. The highest BCUT2D eigenvalue weighted by molar-refractivity contribution is 9.11. The summed E-state index contributed by atoms with van der Waals surface area (Å²) in [6.07, 6.45) is 9.92. The first-order chi connectivity index (χ1) is 8.70. The molecule has 1 unspecified atom stereocenters. The second-order valence-electron chi connectivity index (χ2n) is 5.47. The Balaban J connectivity index is 1.82. The monoisotopic (exact) mass is 392 g/mol. The van der Waals surface area contributed by atoms with Crippen LogP contribution in [0.25, 0.3) is 0 Å². The van der Waals surface area contributed by atoms with Gasteiger partial charge in [-0.05, 0) is 52.7 Å². The van der Waals surface area contributed by atoms with Gasteiger partial charge in [0.15, 0.2) is 0 Å². The zero-order chi connectivity index (χ0) is 13.0. The number of rotatable bonds is 5. The highest BCUT2D eigenvalue weighted by atomic mass is 79.9. The number of hydrogen-bond acceptors (Lipinski definition) is 1. The molecule has 0 N–H and O–H groups in total. The second kappa shape index (κ2) is 7.44. The number of hydrogen-bond donors (Lipinski definition) is 0. The van der Waals surface area contributed by atoms with Gasteiger partial charge in [0, 0.05) is 4.88 Å². The zero-order valence-electron chi connectivity index (χ0n) is 11.0. The van der Waals surface area contributed by atoms with Crippen molar-refractivity contribution in [2.24, 2.45) is 11.8 Å². The van der Waals surface area contributed by atoms with Crippen LogP contribution in [0.4, 0.5) is 0 Å². The number of alkyl halides is 1. The van der Waals surface area contributed by atoms with Gasteiger partial charge >= 0.3 is 0 Å². The molecule has 1 heterocycles. The fourth-order valence-corrected chi connectivity index (χ4v) is 5.43. The normalized spacial score (nSPS) is 26.2. The molecule has 0 spiro atoms. The first-order valence-corrected chi connectivity index (χ1v) is 9.62. The Hall–Kier alpha value is 0.660. The molecule has 102 valence electrons. The van der Waals surface area contributed by atoms with E-state index in [9.17, 15) is 0 Å². The van der Waals surface area contributed by atoms with E-state index < -0.39 is 0 Å². The summed E-state index contributed by atoms with van der Waals surface area (Å²) in [4.78, 5) is 2.06. The first-order valence-electron chi connectivity index (χ1n) is 7.10. The van der Waals surface area contributed by atoms with Crippen LogP contribution < -0.4 is 0 Å². The van der Waals surface area contributed by atoms with E-state index in [1.54, 1.807) is 0 Å². The summed E-state index contributed by atoms with van der Waals surface area (Å²) in [6.45, 7) is 2.30. The average molecular weight is 394 g/mol. The standard InChI is InChI=1S/C15H22Br2S/c1-2-3-4-11-5-7-12(8-6-11)15(17)13-9-10-14(16)18-13/h9-12,15H,2-8H2,1H3. The molecule has 2 rings (SSSR count). The summed E-state index contributed by atoms with van der Waals surface area (Å²) >= 11 is 9.36. The molecule has 3 heteroatoms. The van der Waals surface area contributed by atoms with Crippen molar-refractivity contribution in [3.05, 3.63) is 20.8 Å². The minimum absolute atomic E-state index is 0.570. The Morgan fingerprint density at radius 2 is 2.00 bits per heavy atom. The Morgan fingerprint density at radius 1 is 1.28 bits per heavy atom. The topological polar surface area (TPSA) is 0 Å². The first kappa shape index (κ1) is 15.1. The van der Waals surface area contributed by atoms with Crippen LogP contribution in [0, 0.1) is 11.8 Å². The summed E-state index contributed by atoms with van der Waals surface area (Å²) < 4.78 is 1.25. The van der Waals surface area contributed by atoms with Crippen molar-refractivity contribution in [3.8, 4) is 0 Å². The lowest BCUT2D eigenvalue weighted by Gasteiger charge is -2.31. The average Bonchev–Trinajstić information content (AvgIpc) is 2.83. The van der Waals surface area contributed by atoms with Crippen LogP contribution in [0.3, 0.4) is 0 Å². The maximum atomic E-state index is 3.92. The van der Waals surface area contributed by atoms with E-state index in [2.05, 4.69) is 50.9 Å². The van der Waals surface area contributed by atoms with Crippen molar-refractivity contribution in [2.75, 3.05) is 0 Å². The van der Waals surface area contributed by atoms with Gasteiger partial charge in [-0.3, -0.25) is 0 Å². The minimum atomic E-state index is 0.570. The highest BCUT2D eigenvalue weighted by Crippen LogP contribution is 2.45. The molecule has 0 amide bonds. The van der Waals surface area contributed by atoms with Gasteiger partial charge in [0.05, 0.1) is 8.61 Å². The summed E-state index contributed by atoms with van der Waals surface area (Å²) in [6, 6.07) is 4.43. The molecule has 0 saturated heterocycles. The molecule has 1 aromatic rings. The predicted molar refractivity (Wildman–Crippen MR) is 88.7 cm³/mol. The van der Waals surface area contributed by atoms with Gasteiger partial charge in [0.1, 0.15) is 0 Å². The van der Waals surface area contributed by atoms with Gasteiger partial charge in [-0.25, -0.2) is 0 Å². The van der Waals surface area contributed by atoms with Crippen molar-refractivity contribution in [3.63, 3.8) is 0 Å². The molecular weight excluding hydrogens is 372 g/mol. The third kappa shape index (κ3) is 4.08. The van der Waals surface area contributed by atoms with Crippen molar-refractivity contribution in [2.45, 2.75) is 56.7 Å². The Bertz CT molecular complexity index is 353. The van der Waals surface area contributed by atoms with Crippen LogP contribution in [-0.4, -0.2) is 0 Å². The van der Waals surface area contributed by atoms with Gasteiger partial charge in [-0.1, -0.05) is 55.0 Å². The third-order valence-corrected chi connectivity index (χ3v) is 7.39. The Labute approximate surface area is 132 Å². The quantitative estimate of drug-likeness (QED) is 0.475. The minimum Gasteiger partial charge on any atom is -0.132 e. The maximum absolute atomic E-state index is 3.92. The molecule has 18 heavy (non-hydrogen) atoms. The van der Waals surface area contributed by atoms with Gasteiger partial charge in [0.2, 0.25) is 0 Å². The van der Waals surface area contributed by atoms with Crippen LogP contribution in [0.15, 0.2) is 15.9 Å². The van der Waals surface area contributed by atoms with E-state index in [-0.39, 0.29) is 0 Å². The smallest absolute Gasteiger partial charge is 0.0701 e. The number of thiophene rings is 1. The fourth-order valence-electron chi connectivity index (χ4n) is 2.97. The van der Waals surface area contributed by atoms with Crippen LogP contribution in [0.1, 0.15) is 61.6 Å². The molecule has 1 saturated carbocycles. The van der Waals surface area contributed by atoms with Gasteiger partial charge in [-0.15, -0.1) is 11.3 Å². The van der Waals surface area contributed by atoms with Crippen molar-refractivity contribution < 1.29 is 0 Å². The number of halogens is 2. The van der Waals surface area contributed by atoms with E-state index >= 15 is 0 Å². The molecule has 1 aliphatic rings. The largest absolute Gasteiger partial charge is 0.132 e. The predicted octanol–water partition coefficient (Wildman–Crippen LogP) is 6.94. The van der Waals surface area contributed by atoms with Crippen LogP contribution >= 0.6 is 43.2 Å². The molecule has 0 radical (unpaired) electrons.